The zero-order valence-corrected chi connectivity index (χ0v) is 19.8. The lowest BCUT2D eigenvalue weighted by molar-refractivity contribution is -0.155. The van der Waals surface area contributed by atoms with Crippen LogP contribution in [0.2, 0.25) is 0 Å². The molecule has 0 bridgehead atoms. The van der Waals surface area contributed by atoms with Crippen molar-refractivity contribution in [3.63, 3.8) is 0 Å². The van der Waals surface area contributed by atoms with Crippen LogP contribution in [0.1, 0.15) is 63.0 Å². The Labute approximate surface area is 200 Å². The first-order chi connectivity index (χ1) is 16.3. The van der Waals surface area contributed by atoms with Crippen LogP contribution in [0.5, 0.6) is 0 Å². The molecule has 1 unspecified atom stereocenters. The number of benzene rings is 2. The monoisotopic (exact) mass is 464 g/mol. The van der Waals surface area contributed by atoms with Crippen LogP contribution in [0.3, 0.4) is 0 Å². The first kappa shape index (κ1) is 23.8. The molecule has 2 N–H and O–H groups in total. The fourth-order valence-corrected chi connectivity index (χ4v) is 5.20. The molecular formula is C27H32N2O5. The zero-order chi connectivity index (χ0) is 24.3. The second-order valence-electron chi connectivity index (χ2n) is 9.34. The summed E-state index contributed by atoms with van der Waals surface area (Å²) < 4.78 is 5.62. The second-order valence-corrected chi connectivity index (χ2v) is 9.34. The summed E-state index contributed by atoms with van der Waals surface area (Å²) in [4.78, 5) is 38.4. The quantitative estimate of drug-likeness (QED) is 0.598. The lowest BCUT2D eigenvalue weighted by Crippen LogP contribution is -2.51. The molecule has 1 saturated heterocycles. The van der Waals surface area contributed by atoms with E-state index in [0.29, 0.717) is 32.2 Å². The number of ether oxygens (including phenoxy) is 1. The summed E-state index contributed by atoms with van der Waals surface area (Å²) in [6.07, 6.45) is 1.91. The third-order valence-corrected chi connectivity index (χ3v) is 7.27. The van der Waals surface area contributed by atoms with Crippen LogP contribution in [0.15, 0.2) is 48.5 Å². The minimum atomic E-state index is -1.14. The molecule has 1 fully saturated rings. The highest BCUT2D eigenvalue weighted by atomic mass is 16.5. The standard InChI is InChI=1S/C27H32N2O5/c1-3-18(13-14-24(30)29-16-8-15-27(29,2)25(31)32)28-26(33)34-17-23-21-11-6-4-9-19(21)20-10-5-7-12-22(20)23/h4-7,9-12,18,23H,3,8,13-17H2,1-2H3,(H,28,33)(H,31,32)/t18?,27-/m0/s1. The summed E-state index contributed by atoms with van der Waals surface area (Å²) >= 11 is 0. The van der Waals surface area contributed by atoms with E-state index in [9.17, 15) is 19.5 Å². The number of alkyl carbamates (subject to hydrolysis) is 1. The van der Waals surface area contributed by atoms with Crippen LogP contribution in [-0.2, 0) is 14.3 Å². The van der Waals surface area contributed by atoms with Gasteiger partial charge in [-0.2, -0.15) is 0 Å². The van der Waals surface area contributed by atoms with Crippen LogP contribution in [0.25, 0.3) is 11.1 Å². The largest absolute Gasteiger partial charge is 0.480 e. The smallest absolute Gasteiger partial charge is 0.407 e. The van der Waals surface area contributed by atoms with E-state index < -0.39 is 17.6 Å². The molecule has 0 spiro atoms. The number of rotatable bonds is 8. The second kappa shape index (κ2) is 9.87. The molecule has 7 nitrogen and oxygen atoms in total. The number of carboxylic acids is 1. The van der Waals surface area contributed by atoms with Gasteiger partial charge in [0.05, 0.1) is 0 Å². The minimum absolute atomic E-state index is 0.0105. The lowest BCUT2D eigenvalue weighted by atomic mass is 9.98. The Morgan fingerprint density at radius 3 is 2.32 bits per heavy atom. The highest BCUT2D eigenvalue weighted by molar-refractivity contribution is 5.87. The van der Waals surface area contributed by atoms with Crippen molar-refractivity contribution in [3.05, 3.63) is 59.7 Å². The average molecular weight is 465 g/mol. The van der Waals surface area contributed by atoms with Gasteiger partial charge in [0.2, 0.25) is 5.91 Å². The van der Waals surface area contributed by atoms with Crippen molar-refractivity contribution >= 4 is 18.0 Å². The van der Waals surface area contributed by atoms with Gasteiger partial charge < -0.3 is 20.1 Å². The van der Waals surface area contributed by atoms with Crippen molar-refractivity contribution in [2.45, 2.75) is 63.5 Å². The van der Waals surface area contributed by atoms with Crippen molar-refractivity contribution in [1.82, 2.24) is 10.2 Å². The molecule has 180 valence electrons. The Morgan fingerprint density at radius 1 is 1.12 bits per heavy atom. The normalized spacial score (nSPS) is 19.9. The Balaban J connectivity index is 1.31. The van der Waals surface area contributed by atoms with Gasteiger partial charge in [0.25, 0.3) is 0 Å². The molecule has 1 aliphatic carbocycles. The van der Waals surface area contributed by atoms with Crippen LogP contribution < -0.4 is 5.32 Å². The maximum atomic E-state index is 12.7. The van der Waals surface area contributed by atoms with Gasteiger partial charge in [0.15, 0.2) is 0 Å². The van der Waals surface area contributed by atoms with E-state index in [0.717, 1.165) is 11.1 Å². The summed E-state index contributed by atoms with van der Waals surface area (Å²) in [5.74, 6) is -1.17. The summed E-state index contributed by atoms with van der Waals surface area (Å²) in [5, 5.41) is 12.4. The van der Waals surface area contributed by atoms with Gasteiger partial charge in [-0.15, -0.1) is 0 Å². The molecular weight excluding hydrogens is 432 g/mol. The van der Waals surface area contributed by atoms with Crippen molar-refractivity contribution < 1.29 is 24.2 Å². The Morgan fingerprint density at radius 2 is 1.74 bits per heavy atom. The number of carbonyl (C=O) groups excluding carboxylic acids is 2. The van der Waals surface area contributed by atoms with Gasteiger partial charge in [-0.1, -0.05) is 55.5 Å². The number of nitrogens with one attached hydrogen (secondary N) is 1. The maximum Gasteiger partial charge on any atom is 0.407 e. The van der Waals surface area contributed by atoms with Gasteiger partial charge in [-0.3, -0.25) is 4.79 Å². The Bertz CT molecular complexity index is 1040. The van der Waals surface area contributed by atoms with Gasteiger partial charge in [0.1, 0.15) is 12.1 Å². The summed E-state index contributed by atoms with van der Waals surface area (Å²) in [6, 6.07) is 16.1. The number of aliphatic carboxylic acids is 1. The molecule has 0 radical (unpaired) electrons. The van der Waals surface area contributed by atoms with Crippen molar-refractivity contribution in [2.24, 2.45) is 0 Å². The fraction of sp³-hybridized carbons (Fsp3) is 0.444. The maximum absolute atomic E-state index is 12.7. The van der Waals surface area contributed by atoms with Crippen molar-refractivity contribution in [1.29, 1.82) is 0 Å². The van der Waals surface area contributed by atoms with E-state index in [1.165, 1.54) is 16.0 Å². The minimum Gasteiger partial charge on any atom is -0.480 e. The number of carboxylic acid groups (broad SMARTS) is 1. The molecule has 0 aromatic heterocycles. The molecule has 7 heteroatoms. The van der Waals surface area contributed by atoms with Crippen LogP contribution in [0, 0.1) is 0 Å². The molecule has 2 aromatic carbocycles. The molecule has 34 heavy (non-hydrogen) atoms. The number of fused-ring (bicyclic) bond motifs is 3. The van der Waals surface area contributed by atoms with E-state index in [1.54, 1.807) is 6.92 Å². The predicted molar refractivity (Wildman–Crippen MR) is 129 cm³/mol. The molecule has 2 atom stereocenters. The number of likely N-dealkylation sites (tertiary alicyclic amines) is 1. The molecule has 2 aromatic rings. The van der Waals surface area contributed by atoms with Gasteiger partial charge in [-0.25, -0.2) is 9.59 Å². The molecule has 2 aliphatic rings. The van der Waals surface area contributed by atoms with Gasteiger partial charge >= 0.3 is 12.1 Å². The number of hydrogen-bond donors (Lipinski definition) is 2. The third-order valence-electron chi connectivity index (χ3n) is 7.27. The van der Waals surface area contributed by atoms with Gasteiger partial charge in [-0.05, 0) is 54.9 Å². The number of carbonyl (C=O) groups is 3. The van der Waals surface area contributed by atoms with E-state index in [1.807, 2.05) is 31.2 Å². The zero-order valence-electron chi connectivity index (χ0n) is 19.8. The lowest BCUT2D eigenvalue weighted by Gasteiger charge is -2.31. The summed E-state index contributed by atoms with van der Waals surface area (Å²) in [5.41, 5.74) is 3.51. The first-order valence-electron chi connectivity index (χ1n) is 12.0. The third kappa shape index (κ3) is 4.52. The topological polar surface area (TPSA) is 95.9 Å². The van der Waals surface area contributed by atoms with Gasteiger partial charge in [0, 0.05) is 24.9 Å². The van der Waals surface area contributed by atoms with Crippen LogP contribution in [-0.4, -0.2) is 52.7 Å². The van der Waals surface area contributed by atoms with Crippen LogP contribution in [0.4, 0.5) is 4.79 Å². The fourth-order valence-electron chi connectivity index (χ4n) is 5.20. The van der Waals surface area contributed by atoms with E-state index in [4.69, 9.17) is 4.74 Å². The predicted octanol–water partition coefficient (Wildman–Crippen LogP) is 4.55. The van der Waals surface area contributed by atoms with Crippen molar-refractivity contribution in [2.75, 3.05) is 13.2 Å². The molecule has 0 saturated carbocycles. The molecule has 1 heterocycles. The Hall–Kier alpha value is -3.35. The van der Waals surface area contributed by atoms with Crippen LogP contribution >= 0.6 is 0 Å². The summed E-state index contributed by atoms with van der Waals surface area (Å²) in [6.45, 7) is 4.24. The summed E-state index contributed by atoms with van der Waals surface area (Å²) in [7, 11) is 0. The van der Waals surface area contributed by atoms with Crippen molar-refractivity contribution in [3.8, 4) is 11.1 Å². The SMILES string of the molecule is CCC(CCC(=O)N1CCC[C@@]1(C)C(=O)O)NC(=O)OCC1c2ccccc2-c2ccccc21. The molecule has 2 amide bonds. The van der Waals surface area contributed by atoms with E-state index in [-0.39, 0.29) is 30.9 Å². The molecule has 1 aliphatic heterocycles. The molecule has 4 rings (SSSR count). The highest BCUT2D eigenvalue weighted by Gasteiger charge is 2.45. The Kier molecular flexibility index (Phi) is 6.91. The first-order valence-corrected chi connectivity index (χ1v) is 12.0. The average Bonchev–Trinajstić information content (AvgIpc) is 3.39. The number of amides is 2. The number of hydrogen-bond acceptors (Lipinski definition) is 4. The highest BCUT2D eigenvalue weighted by Crippen LogP contribution is 2.44. The number of nitrogens with zero attached hydrogens (tertiary/aromatic N) is 1. The van der Waals surface area contributed by atoms with E-state index in [2.05, 4.69) is 29.6 Å². The van der Waals surface area contributed by atoms with E-state index >= 15 is 0 Å².